The lowest BCUT2D eigenvalue weighted by atomic mass is 10.0. The second-order valence-corrected chi connectivity index (χ2v) is 6.69. The smallest absolute Gasteiger partial charge is 0.161 e. The third kappa shape index (κ3) is 2.49. The Hall–Kier alpha value is -0.380. The number of hydrogen-bond acceptors (Lipinski definition) is 3. The third-order valence-corrected chi connectivity index (χ3v) is 5.22. The molecule has 1 aliphatic heterocycles. The van der Waals surface area contributed by atoms with E-state index in [-0.39, 0.29) is 5.54 Å². The van der Waals surface area contributed by atoms with Crippen LogP contribution in [0.15, 0.2) is 23.2 Å². The maximum Gasteiger partial charge on any atom is 0.161 e. The van der Waals surface area contributed by atoms with E-state index in [9.17, 15) is 0 Å². The predicted octanol–water partition coefficient (Wildman–Crippen LogP) is 4.82. The summed E-state index contributed by atoms with van der Waals surface area (Å²) in [7, 11) is 0. The predicted molar refractivity (Wildman–Crippen MR) is 81.2 cm³/mol. The van der Waals surface area contributed by atoms with Crippen molar-refractivity contribution < 1.29 is 0 Å². The van der Waals surface area contributed by atoms with Crippen molar-refractivity contribution in [1.29, 1.82) is 0 Å². The number of thioether (sulfide) groups is 1. The van der Waals surface area contributed by atoms with Crippen LogP contribution in [0.3, 0.4) is 0 Å². The van der Waals surface area contributed by atoms with Gasteiger partial charge in [-0.3, -0.25) is 4.99 Å². The molecule has 0 bridgehead atoms. The van der Waals surface area contributed by atoms with Gasteiger partial charge in [0.15, 0.2) is 5.17 Å². The quantitative estimate of drug-likeness (QED) is 0.804. The van der Waals surface area contributed by atoms with E-state index in [0.717, 1.165) is 16.6 Å². The molecule has 0 atom stereocenters. The normalized spacial score (nSPS) is 21.3. The van der Waals surface area contributed by atoms with E-state index in [2.05, 4.69) is 5.32 Å². The van der Waals surface area contributed by atoms with Gasteiger partial charge in [0.25, 0.3) is 0 Å². The van der Waals surface area contributed by atoms with Gasteiger partial charge in [0.05, 0.1) is 16.2 Å². The van der Waals surface area contributed by atoms with Crippen molar-refractivity contribution in [2.24, 2.45) is 4.99 Å². The molecule has 18 heavy (non-hydrogen) atoms. The van der Waals surface area contributed by atoms with Crippen molar-refractivity contribution in [3.8, 4) is 0 Å². The fourth-order valence-electron chi connectivity index (χ4n) is 2.54. The highest BCUT2D eigenvalue weighted by atomic mass is 35.5. The lowest BCUT2D eigenvalue weighted by Gasteiger charge is -2.16. The van der Waals surface area contributed by atoms with E-state index in [0.29, 0.717) is 10.0 Å². The molecule has 1 aromatic carbocycles. The zero-order chi connectivity index (χ0) is 12.6. The third-order valence-electron chi connectivity index (χ3n) is 3.52. The monoisotopic (exact) mass is 300 g/mol. The molecule has 2 nitrogen and oxygen atoms in total. The lowest BCUT2D eigenvalue weighted by molar-refractivity contribution is 0.508. The Morgan fingerprint density at radius 1 is 1.22 bits per heavy atom. The number of hydrogen-bond donors (Lipinski definition) is 1. The van der Waals surface area contributed by atoms with Crippen molar-refractivity contribution in [2.45, 2.75) is 31.2 Å². The van der Waals surface area contributed by atoms with E-state index in [1.54, 1.807) is 17.8 Å². The average molecular weight is 301 g/mol. The van der Waals surface area contributed by atoms with E-state index >= 15 is 0 Å². The van der Waals surface area contributed by atoms with Gasteiger partial charge < -0.3 is 5.32 Å². The summed E-state index contributed by atoms with van der Waals surface area (Å²) in [5, 5.41) is 5.59. The van der Waals surface area contributed by atoms with Crippen molar-refractivity contribution in [3.63, 3.8) is 0 Å². The van der Waals surface area contributed by atoms with E-state index in [4.69, 9.17) is 28.2 Å². The molecule has 1 aliphatic carbocycles. The van der Waals surface area contributed by atoms with Gasteiger partial charge in [-0.05, 0) is 31.0 Å². The summed E-state index contributed by atoms with van der Waals surface area (Å²) in [5.41, 5.74) is 1.08. The van der Waals surface area contributed by atoms with Crippen LogP contribution in [0, 0.1) is 0 Å². The molecule has 0 amide bonds. The Morgan fingerprint density at radius 3 is 2.72 bits per heavy atom. The Morgan fingerprint density at radius 2 is 2.00 bits per heavy atom. The van der Waals surface area contributed by atoms with Gasteiger partial charge in [-0.2, -0.15) is 0 Å². The molecule has 1 N–H and O–H groups in total. The molecule has 0 aromatic heterocycles. The van der Waals surface area contributed by atoms with Gasteiger partial charge >= 0.3 is 0 Å². The van der Waals surface area contributed by atoms with Crippen LogP contribution in [0.5, 0.6) is 0 Å². The highest BCUT2D eigenvalue weighted by Crippen LogP contribution is 2.41. The maximum absolute atomic E-state index is 6.15. The Balaban J connectivity index is 1.77. The van der Waals surface area contributed by atoms with Crippen LogP contribution in [0.1, 0.15) is 25.7 Å². The second-order valence-electron chi connectivity index (χ2n) is 4.89. The SMILES string of the molecule is Clc1ccc(NC2=NC3(CCCC3)CS2)c(Cl)c1. The number of benzene rings is 1. The highest BCUT2D eigenvalue weighted by Gasteiger charge is 2.38. The molecule has 1 spiro atoms. The lowest BCUT2D eigenvalue weighted by Crippen LogP contribution is -2.21. The first-order chi connectivity index (χ1) is 8.67. The molecule has 2 aliphatic rings. The van der Waals surface area contributed by atoms with Crippen LogP contribution in [0.4, 0.5) is 5.69 Å². The van der Waals surface area contributed by atoms with Crippen LogP contribution in [0.2, 0.25) is 10.0 Å². The molecular weight excluding hydrogens is 287 g/mol. The molecule has 1 aromatic rings. The molecule has 96 valence electrons. The Labute approximate surface area is 121 Å². The summed E-state index contributed by atoms with van der Waals surface area (Å²) >= 11 is 13.8. The second kappa shape index (κ2) is 4.95. The zero-order valence-corrected chi connectivity index (χ0v) is 12.2. The van der Waals surface area contributed by atoms with Crippen LogP contribution >= 0.6 is 35.0 Å². The number of anilines is 1. The Bertz CT molecular complexity index is 496. The Kier molecular flexibility index (Phi) is 3.48. The maximum atomic E-state index is 6.15. The fourth-order valence-corrected chi connectivity index (χ4v) is 4.20. The number of nitrogens with zero attached hydrogens (tertiary/aromatic N) is 1. The summed E-state index contributed by atoms with van der Waals surface area (Å²) in [5.74, 6) is 1.10. The minimum atomic E-state index is 0.200. The first-order valence-corrected chi connectivity index (χ1v) is 7.86. The molecule has 0 saturated heterocycles. The summed E-state index contributed by atoms with van der Waals surface area (Å²) in [6.45, 7) is 0. The number of amidine groups is 1. The van der Waals surface area contributed by atoms with Crippen molar-refractivity contribution in [3.05, 3.63) is 28.2 Å². The molecule has 1 fully saturated rings. The van der Waals surface area contributed by atoms with Crippen LogP contribution in [0.25, 0.3) is 0 Å². The zero-order valence-electron chi connectivity index (χ0n) is 9.88. The molecule has 3 rings (SSSR count). The van der Waals surface area contributed by atoms with E-state index in [1.807, 2.05) is 12.1 Å². The van der Waals surface area contributed by atoms with Gasteiger partial charge in [-0.1, -0.05) is 47.8 Å². The molecule has 1 saturated carbocycles. The van der Waals surface area contributed by atoms with Gasteiger partial charge in [-0.25, -0.2) is 0 Å². The summed E-state index contributed by atoms with van der Waals surface area (Å²) < 4.78 is 0. The minimum Gasteiger partial charge on any atom is -0.334 e. The number of rotatable bonds is 1. The van der Waals surface area contributed by atoms with Crippen molar-refractivity contribution in [2.75, 3.05) is 11.1 Å². The van der Waals surface area contributed by atoms with Crippen molar-refractivity contribution >= 4 is 45.8 Å². The van der Waals surface area contributed by atoms with Gasteiger partial charge in [0, 0.05) is 10.8 Å². The molecule has 0 radical (unpaired) electrons. The molecule has 0 unspecified atom stereocenters. The summed E-state index contributed by atoms with van der Waals surface area (Å²) in [4.78, 5) is 4.85. The van der Waals surface area contributed by atoms with E-state index < -0.39 is 0 Å². The number of nitrogens with one attached hydrogen (secondary N) is 1. The molecular formula is C13H14Cl2N2S. The van der Waals surface area contributed by atoms with Crippen molar-refractivity contribution in [1.82, 2.24) is 0 Å². The fraction of sp³-hybridized carbons (Fsp3) is 0.462. The minimum absolute atomic E-state index is 0.200. The number of halogens is 2. The largest absolute Gasteiger partial charge is 0.334 e. The summed E-state index contributed by atoms with van der Waals surface area (Å²) in [6, 6.07) is 5.48. The standard InChI is InChI=1S/C13H14Cl2N2S/c14-9-3-4-11(10(15)7-9)16-12-17-13(8-18-12)5-1-2-6-13/h3-4,7H,1-2,5-6,8H2,(H,16,17). The van der Waals surface area contributed by atoms with Gasteiger partial charge in [0.2, 0.25) is 0 Å². The van der Waals surface area contributed by atoms with E-state index in [1.165, 1.54) is 25.7 Å². The van der Waals surface area contributed by atoms with Crippen LogP contribution < -0.4 is 5.32 Å². The topological polar surface area (TPSA) is 24.4 Å². The van der Waals surface area contributed by atoms with Crippen LogP contribution in [-0.4, -0.2) is 16.5 Å². The first-order valence-electron chi connectivity index (χ1n) is 6.12. The first kappa shape index (κ1) is 12.6. The molecule has 5 heteroatoms. The highest BCUT2D eigenvalue weighted by molar-refractivity contribution is 8.14. The molecule has 1 heterocycles. The average Bonchev–Trinajstić information content (AvgIpc) is 2.94. The van der Waals surface area contributed by atoms with Gasteiger partial charge in [-0.15, -0.1) is 0 Å². The number of aliphatic imine (C=N–C) groups is 1. The van der Waals surface area contributed by atoms with Crippen LogP contribution in [-0.2, 0) is 0 Å². The summed E-state index contributed by atoms with van der Waals surface area (Å²) in [6.07, 6.45) is 5.05. The van der Waals surface area contributed by atoms with Gasteiger partial charge in [0.1, 0.15) is 0 Å².